The highest BCUT2D eigenvalue weighted by Gasteiger charge is 2.09. The Bertz CT molecular complexity index is 547. The van der Waals surface area contributed by atoms with E-state index in [1.54, 1.807) is 0 Å². The maximum Gasteiger partial charge on any atom is 0.151 e. The van der Waals surface area contributed by atoms with E-state index in [2.05, 4.69) is 47.2 Å². The zero-order chi connectivity index (χ0) is 14.4. The smallest absolute Gasteiger partial charge is 0.151 e. The molecule has 5 nitrogen and oxygen atoms in total. The van der Waals surface area contributed by atoms with Crippen molar-refractivity contribution in [1.82, 2.24) is 25.1 Å². The highest BCUT2D eigenvalue weighted by molar-refractivity contribution is 5.32. The number of hydrogen-bond donors (Lipinski definition) is 1. The van der Waals surface area contributed by atoms with Crippen LogP contribution in [-0.4, -0.2) is 26.3 Å². The molecule has 2 rings (SSSR count). The summed E-state index contributed by atoms with van der Waals surface area (Å²) in [6, 6.07) is 2.13. The van der Waals surface area contributed by atoms with Gasteiger partial charge in [-0.3, -0.25) is 4.98 Å². The second-order valence-electron chi connectivity index (χ2n) is 4.79. The van der Waals surface area contributed by atoms with Gasteiger partial charge in [0.15, 0.2) is 5.82 Å². The highest BCUT2D eigenvalue weighted by atomic mass is 15.4. The first-order valence-corrected chi connectivity index (χ1v) is 7.38. The van der Waals surface area contributed by atoms with E-state index in [4.69, 9.17) is 0 Å². The summed E-state index contributed by atoms with van der Waals surface area (Å²) in [6.45, 7) is 8.19. The van der Waals surface area contributed by atoms with Crippen LogP contribution in [0.1, 0.15) is 44.4 Å². The van der Waals surface area contributed by atoms with Crippen molar-refractivity contribution in [1.29, 1.82) is 0 Å². The molecule has 1 N–H and O–H groups in total. The van der Waals surface area contributed by atoms with E-state index in [1.807, 2.05) is 17.1 Å². The van der Waals surface area contributed by atoms with Crippen molar-refractivity contribution < 1.29 is 0 Å². The number of nitrogens with zero attached hydrogens (tertiary/aromatic N) is 4. The van der Waals surface area contributed by atoms with E-state index in [0.29, 0.717) is 0 Å². The van der Waals surface area contributed by atoms with Gasteiger partial charge in [-0.25, -0.2) is 9.67 Å². The van der Waals surface area contributed by atoms with Gasteiger partial charge in [-0.2, -0.15) is 5.10 Å². The summed E-state index contributed by atoms with van der Waals surface area (Å²) in [5.74, 6) is 1.87. The predicted molar refractivity (Wildman–Crippen MR) is 79.9 cm³/mol. The van der Waals surface area contributed by atoms with Crippen LogP contribution in [-0.2, 0) is 19.4 Å². The van der Waals surface area contributed by atoms with Crippen LogP contribution >= 0.6 is 0 Å². The van der Waals surface area contributed by atoms with Gasteiger partial charge in [0.2, 0.25) is 0 Å². The van der Waals surface area contributed by atoms with Crippen molar-refractivity contribution in [3.05, 3.63) is 35.7 Å². The van der Waals surface area contributed by atoms with Crippen molar-refractivity contribution in [3.63, 3.8) is 0 Å². The summed E-state index contributed by atoms with van der Waals surface area (Å²) in [5, 5.41) is 7.94. The molecule has 0 atom stereocenters. The average Bonchev–Trinajstić information content (AvgIpc) is 2.91. The Morgan fingerprint density at radius 2 is 2.00 bits per heavy atom. The molecule has 0 radical (unpaired) electrons. The second kappa shape index (κ2) is 7.14. The minimum absolute atomic E-state index is 0.839. The van der Waals surface area contributed by atoms with Crippen LogP contribution in [0.25, 0.3) is 5.69 Å². The van der Waals surface area contributed by atoms with E-state index in [0.717, 1.165) is 49.7 Å². The lowest BCUT2D eigenvalue weighted by atomic mass is 10.2. The van der Waals surface area contributed by atoms with Gasteiger partial charge in [-0.15, -0.1) is 0 Å². The van der Waals surface area contributed by atoms with E-state index in [-0.39, 0.29) is 0 Å². The Morgan fingerprint density at radius 3 is 2.70 bits per heavy atom. The van der Waals surface area contributed by atoms with Gasteiger partial charge in [-0.05, 0) is 24.6 Å². The van der Waals surface area contributed by atoms with Gasteiger partial charge in [0.1, 0.15) is 5.82 Å². The summed E-state index contributed by atoms with van der Waals surface area (Å²) in [6.07, 6.45) is 6.60. The van der Waals surface area contributed by atoms with Gasteiger partial charge in [0.05, 0.1) is 11.9 Å². The molecule has 0 unspecified atom stereocenters. The van der Waals surface area contributed by atoms with E-state index >= 15 is 0 Å². The fraction of sp³-hybridized carbons (Fsp3) is 0.533. The summed E-state index contributed by atoms with van der Waals surface area (Å²) in [4.78, 5) is 8.86. The van der Waals surface area contributed by atoms with E-state index in [9.17, 15) is 0 Å². The van der Waals surface area contributed by atoms with Gasteiger partial charge in [-0.1, -0.05) is 20.8 Å². The van der Waals surface area contributed by atoms with Crippen LogP contribution < -0.4 is 5.32 Å². The lowest BCUT2D eigenvalue weighted by molar-refractivity contribution is 0.672. The number of rotatable bonds is 7. The quantitative estimate of drug-likeness (QED) is 0.786. The van der Waals surface area contributed by atoms with Crippen molar-refractivity contribution in [2.75, 3.05) is 6.54 Å². The van der Waals surface area contributed by atoms with Crippen LogP contribution in [0, 0.1) is 0 Å². The normalized spacial score (nSPS) is 10.9. The molecule has 2 heterocycles. The first kappa shape index (κ1) is 14.7. The maximum atomic E-state index is 4.55. The van der Waals surface area contributed by atoms with Crippen molar-refractivity contribution in [2.45, 2.75) is 46.6 Å². The average molecular weight is 273 g/mol. The summed E-state index contributed by atoms with van der Waals surface area (Å²) in [7, 11) is 0. The Kier molecular flexibility index (Phi) is 5.24. The molecule has 0 amide bonds. The monoisotopic (exact) mass is 273 g/mol. The molecule has 0 aliphatic rings. The summed E-state index contributed by atoms with van der Waals surface area (Å²) >= 11 is 0. The fourth-order valence-corrected chi connectivity index (χ4v) is 2.07. The predicted octanol–water partition coefficient (Wildman–Crippen LogP) is 2.29. The minimum Gasteiger partial charge on any atom is -0.313 e. The highest BCUT2D eigenvalue weighted by Crippen LogP contribution is 2.12. The van der Waals surface area contributed by atoms with Crippen molar-refractivity contribution in [2.24, 2.45) is 0 Å². The molecule has 0 aromatic carbocycles. The zero-order valence-electron chi connectivity index (χ0n) is 12.6. The molecule has 0 spiro atoms. The first-order chi connectivity index (χ1) is 9.78. The number of hydrogen-bond acceptors (Lipinski definition) is 4. The Labute approximate surface area is 120 Å². The van der Waals surface area contributed by atoms with Gasteiger partial charge >= 0.3 is 0 Å². The standard InChI is InChI=1S/C15H23N5/c1-4-7-16-9-12-8-13(11-17-10-12)20-15(6-3)18-14(5-2)19-20/h8,10-11,16H,4-7,9H2,1-3H3. The van der Waals surface area contributed by atoms with Crippen LogP contribution in [0.15, 0.2) is 18.5 Å². The number of aryl methyl sites for hydroxylation is 2. The summed E-state index contributed by atoms with van der Waals surface area (Å²) < 4.78 is 1.91. The molecule has 0 aliphatic heterocycles. The maximum absolute atomic E-state index is 4.55. The molecule has 0 aliphatic carbocycles. The fourth-order valence-electron chi connectivity index (χ4n) is 2.07. The van der Waals surface area contributed by atoms with E-state index < -0.39 is 0 Å². The third kappa shape index (κ3) is 3.42. The van der Waals surface area contributed by atoms with Gasteiger partial charge < -0.3 is 5.32 Å². The van der Waals surface area contributed by atoms with Crippen molar-refractivity contribution in [3.8, 4) is 5.69 Å². The zero-order valence-corrected chi connectivity index (χ0v) is 12.6. The SMILES string of the molecule is CCCNCc1cncc(-n2nc(CC)nc2CC)c1. The largest absolute Gasteiger partial charge is 0.313 e. The first-order valence-electron chi connectivity index (χ1n) is 7.38. The molecule has 0 saturated carbocycles. The molecule has 5 heteroatoms. The Hall–Kier alpha value is -1.75. The van der Waals surface area contributed by atoms with Crippen molar-refractivity contribution >= 4 is 0 Å². The Morgan fingerprint density at radius 1 is 1.15 bits per heavy atom. The van der Waals surface area contributed by atoms with Crippen LogP contribution in [0.4, 0.5) is 0 Å². The topological polar surface area (TPSA) is 55.6 Å². The lowest BCUT2D eigenvalue weighted by Gasteiger charge is -2.07. The number of nitrogens with one attached hydrogen (secondary N) is 1. The van der Waals surface area contributed by atoms with Gasteiger partial charge in [0, 0.05) is 25.6 Å². The van der Waals surface area contributed by atoms with Crippen LogP contribution in [0.3, 0.4) is 0 Å². The molecular weight excluding hydrogens is 250 g/mol. The molecule has 2 aromatic heterocycles. The molecule has 0 fully saturated rings. The van der Waals surface area contributed by atoms with Gasteiger partial charge in [0.25, 0.3) is 0 Å². The molecule has 0 bridgehead atoms. The Balaban J connectivity index is 2.23. The second-order valence-corrected chi connectivity index (χ2v) is 4.79. The van der Waals surface area contributed by atoms with Crippen LogP contribution in [0.2, 0.25) is 0 Å². The number of aromatic nitrogens is 4. The summed E-state index contributed by atoms with van der Waals surface area (Å²) in [5.41, 5.74) is 2.16. The number of pyridine rings is 1. The molecule has 108 valence electrons. The molecule has 20 heavy (non-hydrogen) atoms. The lowest BCUT2D eigenvalue weighted by Crippen LogP contribution is -2.14. The van der Waals surface area contributed by atoms with Crippen LogP contribution in [0.5, 0.6) is 0 Å². The molecular formula is C15H23N5. The molecule has 2 aromatic rings. The minimum atomic E-state index is 0.839. The third-order valence-electron chi connectivity index (χ3n) is 3.13. The van der Waals surface area contributed by atoms with E-state index in [1.165, 1.54) is 5.56 Å². The third-order valence-corrected chi connectivity index (χ3v) is 3.13. The molecule has 0 saturated heterocycles.